The van der Waals surface area contributed by atoms with Crippen LogP contribution in [-0.4, -0.2) is 30.3 Å². The lowest BCUT2D eigenvalue weighted by atomic mass is 10.1. The van der Waals surface area contributed by atoms with E-state index in [2.05, 4.69) is 15.5 Å². The van der Waals surface area contributed by atoms with Gasteiger partial charge in [0, 0.05) is 24.3 Å². The standard InChI is InChI=1S/C19H21N3O3/c1-4-14-13-10-16(17(24-2)11-15(13)22-21-14)20-19(23)18(25-3)12-8-6-5-7-9-12/h5-11,18H,4H2,1-3H3,(H,20,23)(H,21,22). The van der Waals surface area contributed by atoms with Gasteiger partial charge in [-0.15, -0.1) is 0 Å². The third kappa shape index (κ3) is 3.34. The first-order chi connectivity index (χ1) is 12.2. The highest BCUT2D eigenvalue weighted by Crippen LogP contribution is 2.32. The maximum Gasteiger partial charge on any atom is 0.258 e. The Kier molecular flexibility index (Phi) is 5.00. The van der Waals surface area contributed by atoms with Gasteiger partial charge in [0.1, 0.15) is 5.75 Å². The number of fused-ring (bicyclic) bond motifs is 1. The Bertz CT molecular complexity index is 874. The van der Waals surface area contributed by atoms with Crippen LogP contribution in [0.5, 0.6) is 5.75 Å². The summed E-state index contributed by atoms with van der Waals surface area (Å²) in [4.78, 5) is 12.7. The van der Waals surface area contributed by atoms with Crippen molar-refractivity contribution in [1.82, 2.24) is 10.2 Å². The van der Waals surface area contributed by atoms with Crippen LogP contribution in [0.4, 0.5) is 5.69 Å². The van der Waals surface area contributed by atoms with Gasteiger partial charge >= 0.3 is 0 Å². The fourth-order valence-corrected chi connectivity index (χ4v) is 2.85. The second-order valence-corrected chi connectivity index (χ2v) is 5.64. The number of amides is 1. The highest BCUT2D eigenvalue weighted by atomic mass is 16.5. The van der Waals surface area contributed by atoms with Gasteiger partial charge in [-0.25, -0.2) is 0 Å². The molecule has 1 atom stereocenters. The largest absolute Gasteiger partial charge is 0.494 e. The van der Waals surface area contributed by atoms with Gasteiger partial charge in [0.05, 0.1) is 18.3 Å². The zero-order valence-electron chi connectivity index (χ0n) is 14.5. The van der Waals surface area contributed by atoms with Crippen LogP contribution in [0.2, 0.25) is 0 Å². The van der Waals surface area contributed by atoms with Crippen molar-refractivity contribution in [2.45, 2.75) is 19.4 Å². The third-order valence-corrected chi connectivity index (χ3v) is 4.14. The van der Waals surface area contributed by atoms with E-state index < -0.39 is 6.10 Å². The lowest BCUT2D eigenvalue weighted by Crippen LogP contribution is -2.22. The molecule has 0 spiro atoms. The fraction of sp³-hybridized carbons (Fsp3) is 0.263. The smallest absolute Gasteiger partial charge is 0.258 e. The minimum absolute atomic E-state index is 0.257. The number of ether oxygens (including phenoxy) is 2. The molecule has 1 amide bonds. The monoisotopic (exact) mass is 339 g/mol. The zero-order chi connectivity index (χ0) is 17.8. The van der Waals surface area contributed by atoms with Gasteiger partial charge in [-0.2, -0.15) is 5.10 Å². The number of hydrogen-bond acceptors (Lipinski definition) is 4. The molecule has 3 aromatic rings. The molecule has 2 aromatic carbocycles. The van der Waals surface area contributed by atoms with Gasteiger partial charge in [0.15, 0.2) is 6.10 Å². The fourth-order valence-electron chi connectivity index (χ4n) is 2.85. The SMILES string of the molecule is CCc1[nH]nc2cc(OC)c(NC(=O)C(OC)c3ccccc3)cc12. The van der Waals surface area contributed by atoms with Crippen molar-refractivity contribution < 1.29 is 14.3 Å². The predicted octanol–water partition coefficient (Wildman–Crippen LogP) is 3.46. The summed E-state index contributed by atoms with van der Waals surface area (Å²) in [5.41, 5.74) is 3.20. The van der Waals surface area contributed by atoms with Crippen molar-refractivity contribution in [2.24, 2.45) is 0 Å². The molecule has 0 fully saturated rings. The van der Waals surface area contributed by atoms with E-state index in [0.29, 0.717) is 11.4 Å². The molecule has 3 rings (SSSR count). The van der Waals surface area contributed by atoms with E-state index in [1.165, 1.54) is 7.11 Å². The van der Waals surface area contributed by atoms with Crippen molar-refractivity contribution in [3.05, 3.63) is 53.7 Å². The van der Waals surface area contributed by atoms with Crippen LogP contribution in [0, 0.1) is 0 Å². The molecule has 6 heteroatoms. The summed E-state index contributed by atoms with van der Waals surface area (Å²) in [6, 6.07) is 13.1. The van der Waals surface area contributed by atoms with Crippen molar-refractivity contribution >= 4 is 22.5 Å². The highest BCUT2D eigenvalue weighted by Gasteiger charge is 2.22. The molecule has 1 unspecified atom stereocenters. The number of methoxy groups -OCH3 is 2. The summed E-state index contributed by atoms with van der Waals surface area (Å²) in [5, 5.41) is 11.2. The minimum atomic E-state index is -0.698. The van der Waals surface area contributed by atoms with Gasteiger partial charge in [0.25, 0.3) is 5.91 Å². The summed E-state index contributed by atoms with van der Waals surface area (Å²) >= 11 is 0. The Morgan fingerprint density at radius 3 is 2.64 bits per heavy atom. The second kappa shape index (κ2) is 7.36. The molecule has 2 N–H and O–H groups in total. The van der Waals surface area contributed by atoms with Crippen molar-refractivity contribution in [2.75, 3.05) is 19.5 Å². The maximum absolute atomic E-state index is 12.7. The van der Waals surface area contributed by atoms with Crippen LogP contribution in [0.1, 0.15) is 24.3 Å². The summed E-state index contributed by atoms with van der Waals surface area (Å²) in [7, 11) is 3.08. The third-order valence-electron chi connectivity index (χ3n) is 4.14. The quantitative estimate of drug-likeness (QED) is 0.721. The molecule has 1 heterocycles. The molecule has 0 aliphatic carbocycles. The minimum Gasteiger partial charge on any atom is -0.494 e. The van der Waals surface area contributed by atoms with E-state index in [-0.39, 0.29) is 5.91 Å². The van der Waals surface area contributed by atoms with Gasteiger partial charge in [-0.1, -0.05) is 37.3 Å². The number of aromatic amines is 1. The first-order valence-electron chi connectivity index (χ1n) is 8.11. The predicted molar refractivity (Wildman–Crippen MR) is 96.8 cm³/mol. The van der Waals surface area contributed by atoms with Crippen LogP contribution >= 0.6 is 0 Å². The Hall–Kier alpha value is -2.86. The van der Waals surface area contributed by atoms with E-state index in [1.807, 2.05) is 49.4 Å². The van der Waals surface area contributed by atoms with Crippen molar-refractivity contribution in [1.29, 1.82) is 0 Å². The molecular weight excluding hydrogens is 318 g/mol. The first-order valence-corrected chi connectivity index (χ1v) is 8.11. The molecule has 1 aromatic heterocycles. The summed E-state index contributed by atoms with van der Waals surface area (Å²) in [6.45, 7) is 2.05. The van der Waals surface area contributed by atoms with Crippen molar-refractivity contribution in [3.8, 4) is 5.75 Å². The number of aromatic nitrogens is 2. The number of aryl methyl sites for hydroxylation is 1. The van der Waals surface area contributed by atoms with Gasteiger partial charge in [0.2, 0.25) is 0 Å². The van der Waals surface area contributed by atoms with Gasteiger partial charge in [-0.3, -0.25) is 9.89 Å². The summed E-state index contributed by atoms with van der Waals surface area (Å²) < 4.78 is 10.8. The number of H-pyrrole nitrogens is 1. The molecule has 0 aliphatic heterocycles. The van der Waals surface area contributed by atoms with Crippen LogP contribution in [-0.2, 0) is 16.0 Å². The molecule has 0 bridgehead atoms. The Morgan fingerprint density at radius 1 is 1.24 bits per heavy atom. The van der Waals surface area contributed by atoms with Crippen LogP contribution < -0.4 is 10.1 Å². The number of benzene rings is 2. The van der Waals surface area contributed by atoms with E-state index in [9.17, 15) is 4.79 Å². The first kappa shape index (κ1) is 17.0. The van der Waals surface area contributed by atoms with Crippen LogP contribution in [0.15, 0.2) is 42.5 Å². The van der Waals surface area contributed by atoms with E-state index >= 15 is 0 Å². The molecular formula is C19H21N3O3. The molecule has 0 radical (unpaired) electrons. The highest BCUT2D eigenvalue weighted by molar-refractivity contribution is 5.99. The van der Waals surface area contributed by atoms with Crippen LogP contribution in [0.3, 0.4) is 0 Å². The van der Waals surface area contributed by atoms with Gasteiger partial charge in [-0.05, 0) is 18.1 Å². The molecule has 0 saturated carbocycles. The lowest BCUT2D eigenvalue weighted by molar-refractivity contribution is -0.126. The number of rotatable bonds is 6. The summed E-state index contributed by atoms with van der Waals surface area (Å²) in [5.74, 6) is 0.297. The number of carbonyl (C=O) groups is 1. The van der Waals surface area contributed by atoms with E-state index in [0.717, 1.165) is 28.6 Å². The van der Waals surface area contributed by atoms with Gasteiger partial charge < -0.3 is 14.8 Å². The maximum atomic E-state index is 12.7. The number of carbonyl (C=O) groups excluding carboxylic acids is 1. The number of anilines is 1. The van der Waals surface area contributed by atoms with E-state index in [4.69, 9.17) is 9.47 Å². The Labute approximate surface area is 146 Å². The Balaban J connectivity index is 1.94. The summed E-state index contributed by atoms with van der Waals surface area (Å²) in [6.07, 6.45) is 0.123. The topological polar surface area (TPSA) is 76.2 Å². The second-order valence-electron chi connectivity index (χ2n) is 5.64. The molecule has 0 saturated heterocycles. The van der Waals surface area contributed by atoms with Crippen molar-refractivity contribution in [3.63, 3.8) is 0 Å². The molecule has 6 nitrogen and oxygen atoms in total. The average Bonchev–Trinajstić information content (AvgIpc) is 3.04. The zero-order valence-corrected chi connectivity index (χ0v) is 14.5. The Morgan fingerprint density at radius 2 is 2.00 bits per heavy atom. The van der Waals surface area contributed by atoms with E-state index in [1.54, 1.807) is 7.11 Å². The average molecular weight is 339 g/mol. The normalized spacial score (nSPS) is 12.1. The molecule has 130 valence electrons. The number of hydrogen-bond donors (Lipinski definition) is 2. The number of nitrogens with zero attached hydrogens (tertiary/aromatic N) is 1. The number of nitrogens with one attached hydrogen (secondary N) is 2. The van der Waals surface area contributed by atoms with Crippen LogP contribution in [0.25, 0.3) is 10.9 Å². The lowest BCUT2D eigenvalue weighted by Gasteiger charge is -2.17. The molecule has 25 heavy (non-hydrogen) atoms. The molecule has 0 aliphatic rings.